The van der Waals surface area contributed by atoms with Crippen LogP contribution >= 0.6 is 0 Å². The van der Waals surface area contributed by atoms with Crippen LogP contribution in [0.15, 0.2) is 35.4 Å². The number of carbonyl (C=O) groups is 2. The Bertz CT molecular complexity index is 1390. The van der Waals surface area contributed by atoms with Gasteiger partial charge in [0.15, 0.2) is 11.6 Å². The molecule has 0 aromatic heterocycles. The van der Waals surface area contributed by atoms with Gasteiger partial charge in [-0.05, 0) is 71.6 Å². The van der Waals surface area contributed by atoms with Crippen LogP contribution in [-0.2, 0) is 30.4 Å². The highest BCUT2D eigenvalue weighted by atomic mass is 32.2. The van der Waals surface area contributed by atoms with Gasteiger partial charge < -0.3 is 0 Å². The van der Waals surface area contributed by atoms with E-state index in [1.54, 1.807) is 6.26 Å². The highest BCUT2D eigenvalue weighted by Crippen LogP contribution is 2.67. The first-order valence-corrected chi connectivity index (χ1v) is 16.4. The van der Waals surface area contributed by atoms with Crippen molar-refractivity contribution in [2.45, 2.75) is 53.4 Å². The van der Waals surface area contributed by atoms with Gasteiger partial charge in [0.1, 0.15) is 0 Å². The summed E-state index contributed by atoms with van der Waals surface area (Å²) >= 11 is 0. The number of nitrogens with two attached hydrogens (primary N) is 1. The lowest BCUT2D eigenvalue weighted by Crippen LogP contribution is -2.44. The van der Waals surface area contributed by atoms with Crippen molar-refractivity contribution in [1.29, 1.82) is 0 Å². The van der Waals surface area contributed by atoms with E-state index in [2.05, 4.69) is 13.8 Å². The molecule has 4 bridgehead atoms. The molecule has 0 saturated heterocycles. The molecular weight excluding hydrogens is 506 g/mol. The van der Waals surface area contributed by atoms with E-state index in [0.29, 0.717) is 17.7 Å². The van der Waals surface area contributed by atoms with Crippen molar-refractivity contribution in [3.8, 4) is 0 Å². The number of hydrogen-bond donors (Lipinski definition) is 1. The fraction of sp³-hybridized carbons (Fsp3) is 0.586. The Morgan fingerprint density at radius 3 is 1.70 bits per heavy atom. The summed E-state index contributed by atoms with van der Waals surface area (Å²) in [6.07, 6.45) is 8.61. The molecule has 0 radical (unpaired) electrons. The average molecular weight is 544 g/mol. The number of primary sulfonamides is 1. The first-order valence-electron chi connectivity index (χ1n) is 13.0. The molecule has 0 amide bonds. The number of Topliss-reactive ketones (excluding diaryl/α,β-unsaturated/α-hetero) is 2. The van der Waals surface area contributed by atoms with Gasteiger partial charge in [0.2, 0.25) is 10.0 Å². The van der Waals surface area contributed by atoms with Crippen LogP contribution in [0, 0.1) is 33.5 Å². The maximum atomic E-state index is 13.5. The summed E-state index contributed by atoms with van der Waals surface area (Å²) in [5.74, 6) is 0.308. The molecule has 4 aliphatic rings. The van der Waals surface area contributed by atoms with E-state index in [1.165, 1.54) is 0 Å². The van der Waals surface area contributed by atoms with Gasteiger partial charge in [-0.3, -0.25) is 13.8 Å². The van der Waals surface area contributed by atoms with Gasteiger partial charge in [0.05, 0.1) is 16.6 Å². The molecule has 200 valence electrons. The van der Waals surface area contributed by atoms with Gasteiger partial charge >= 0.3 is 0 Å². The number of allylic oxidation sites excluding steroid dienone is 2. The molecule has 5 unspecified atom stereocenters. The van der Waals surface area contributed by atoms with E-state index in [-0.39, 0.29) is 34.6 Å². The maximum Gasteiger partial charge on any atom is 0.210 e. The molecule has 4 fully saturated rings. The third kappa shape index (κ3) is 3.73. The molecule has 8 heteroatoms. The summed E-state index contributed by atoms with van der Waals surface area (Å²) in [6.45, 7) is 8.25. The molecule has 5 rings (SSSR count). The molecule has 0 spiro atoms. The van der Waals surface area contributed by atoms with Gasteiger partial charge in [-0.25, -0.2) is 13.6 Å². The summed E-state index contributed by atoms with van der Waals surface area (Å²) in [5, 5.41) is 5.40. The number of ketones is 2. The van der Waals surface area contributed by atoms with Crippen LogP contribution in [0.4, 0.5) is 0 Å². The summed E-state index contributed by atoms with van der Waals surface area (Å²) < 4.78 is 36.1. The molecule has 4 aliphatic carbocycles. The Balaban J connectivity index is 1.43. The minimum atomic E-state index is -3.80. The minimum Gasteiger partial charge on any atom is -0.294 e. The quantitative estimate of drug-likeness (QED) is 0.543. The molecule has 1 aromatic rings. The average Bonchev–Trinajstić information content (AvgIpc) is 3.28. The van der Waals surface area contributed by atoms with Gasteiger partial charge in [0.25, 0.3) is 0 Å². The van der Waals surface area contributed by atoms with E-state index >= 15 is 0 Å². The van der Waals surface area contributed by atoms with Crippen molar-refractivity contribution in [2.75, 3.05) is 17.8 Å². The minimum absolute atomic E-state index is 0.00209. The SMILES string of the molecule is CS(=O)CC12CCC(/C(=C\c3ccc(/C=C4/C(=O)C5(CS(N)(=O)=O)CCC4C5(C)C)cc3)C1=O)C2(C)C. The summed E-state index contributed by atoms with van der Waals surface area (Å²) in [5.41, 5.74) is 1.12. The second kappa shape index (κ2) is 8.30. The molecule has 37 heavy (non-hydrogen) atoms. The summed E-state index contributed by atoms with van der Waals surface area (Å²) in [6, 6.07) is 7.80. The number of sulfonamides is 1. The molecule has 4 saturated carbocycles. The second-order valence-electron chi connectivity index (χ2n) is 12.8. The third-order valence-corrected chi connectivity index (χ3v) is 12.3. The van der Waals surface area contributed by atoms with Crippen molar-refractivity contribution in [3.63, 3.8) is 0 Å². The van der Waals surface area contributed by atoms with Crippen LogP contribution in [0.2, 0.25) is 0 Å². The predicted molar refractivity (Wildman–Crippen MR) is 147 cm³/mol. The highest BCUT2D eigenvalue weighted by Gasteiger charge is 2.68. The summed E-state index contributed by atoms with van der Waals surface area (Å²) in [4.78, 5) is 27.0. The Labute approximate surface area is 222 Å². The second-order valence-corrected chi connectivity index (χ2v) is 15.9. The van der Waals surface area contributed by atoms with Gasteiger partial charge in [0, 0.05) is 34.0 Å². The Hall–Kier alpha value is -1.90. The van der Waals surface area contributed by atoms with Crippen LogP contribution in [-0.4, -0.2) is 42.0 Å². The Morgan fingerprint density at radius 1 is 0.865 bits per heavy atom. The number of rotatable bonds is 6. The van der Waals surface area contributed by atoms with E-state index < -0.39 is 37.1 Å². The lowest BCUT2D eigenvalue weighted by molar-refractivity contribution is -0.125. The van der Waals surface area contributed by atoms with Crippen LogP contribution < -0.4 is 5.14 Å². The molecule has 2 N–H and O–H groups in total. The Morgan fingerprint density at radius 2 is 1.27 bits per heavy atom. The molecule has 0 heterocycles. The van der Waals surface area contributed by atoms with Crippen molar-refractivity contribution in [3.05, 3.63) is 46.5 Å². The lowest BCUT2D eigenvalue weighted by Gasteiger charge is -2.35. The lowest BCUT2D eigenvalue weighted by atomic mass is 9.70. The van der Waals surface area contributed by atoms with Crippen LogP contribution in [0.5, 0.6) is 0 Å². The zero-order valence-electron chi connectivity index (χ0n) is 22.3. The Kier molecular flexibility index (Phi) is 5.99. The molecule has 5 atom stereocenters. The van der Waals surface area contributed by atoms with Crippen LogP contribution in [0.3, 0.4) is 0 Å². The fourth-order valence-electron chi connectivity index (χ4n) is 8.30. The molecule has 6 nitrogen and oxygen atoms in total. The first-order chi connectivity index (χ1) is 17.1. The van der Waals surface area contributed by atoms with E-state index in [1.807, 2.05) is 50.3 Å². The third-order valence-electron chi connectivity index (χ3n) is 10.6. The van der Waals surface area contributed by atoms with E-state index in [0.717, 1.165) is 36.0 Å². The van der Waals surface area contributed by atoms with Crippen molar-refractivity contribution in [2.24, 2.45) is 38.6 Å². The largest absolute Gasteiger partial charge is 0.294 e. The van der Waals surface area contributed by atoms with Crippen LogP contribution in [0.1, 0.15) is 64.5 Å². The van der Waals surface area contributed by atoms with E-state index in [9.17, 15) is 22.2 Å². The number of benzene rings is 1. The molecule has 0 aliphatic heterocycles. The number of hydrogen-bond acceptors (Lipinski definition) is 5. The van der Waals surface area contributed by atoms with Gasteiger partial charge in [-0.15, -0.1) is 0 Å². The molecular formula is C29H37NO5S2. The zero-order valence-corrected chi connectivity index (χ0v) is 23.9. The highest BCUT2D eigenvalue weighted by molar-refractivity contribution is 7.89. The number of fused-ring (bicyclic) bond motifs is 4. The van der Waals surface area contributed by atoms with Crippen molar-refractivity contribution in [1.82, 2.24) is 0 Å². The topological polar surface area (TPSA) is 111 Å². The van der Waals surface area contributed by atoms with Crippen molar-refractivity contribution >= 4 is 44.5 Å². The maximum absolute atomic E-state index is 13.5. The van der Waals surface area contributed by atoms with Crippen molar-refractivity contribution < 1.29 is 22.2 Å². The summed E-state index contributed by atoms with van der Waals surface area (Å²) in [7, 11) is -4.84. The van der Waals surface area contributed by atoms with Gasteiger partial charge in [-0.1, -0.05) is 52.0 Å². The molecule has 1 aromatic carbocycles. The monoisotopic (exact) mass is 543 g/mol. The van der Waals surface area contributed by atoms with E-state index in [4.69, 9.17) is 5.14 Å². The zero-order chi connectivity index (χ0) is 27.2. The smallest absolute Gasteiger partial charge is 0.210 e. The van der Waals surface area contributed by atoms with Gasteiger partial charge in [-0.2, -0.15) is 0 Å². The standard InChI is InChI=1S/C29H37NO5S2/c1-26(2)22-10-12-28(26,16-36(5)33)24(31)20(22)14-18-6-8-19(9-7-18)15-21-23-11-13-29(25(21)32,27(23,3)4)17-37(30,34)35/h6-9,14-15,22-23H,10-13,16-17H2,1-5H3,(H2,30,34,35)/b20-14+,21-15+. The predicted octanol–water partition coefficient (Wildman–Crippen LogP) is 4.13. The normalized spacial score (nSPS) is 36.7. The fourth-order valence-corrected chi connectivity index (χ4v) is 11.0. The first kappa shape index (κ1) is 26.7. The van der Waals surface area contributed by atoms with Crippen LogP contribution in [0.25, 0.3) is 12.2 Å². The number of carbonyl (C=O) groups excluding carboxylic acids is 2.